The summed E-state index contributed by atoms with van der Waals surface area (Å²) in [4.78, 5) is 11.5. The van der Waals surface area contributed by atoms with Gasteiger partial charge >= 0.3 is 0 Å². The number of ether oxygens (including phenoxy) is 1. The van der Waals surface area contributed by atoms with Gasteiger partial charge in [0.15, 0.2) is 0 Å². The molecule has 1 saturated heterocycles. The molecule has 3 aromatic rings. The monoisotopic (exact) mass is 453 g/mol. The number of anilines is 4. The molecule has 32 heavy (non-hydrogen) atoms. The highest BCUT2D eigenvalue weighted by molar-refractivity contribution is 7.92. The predicted molar refractivity (Wildman–Crippen MR) is 126 cm³/mol. The van der Waals surface area contributed by atoms with E-state index in [0.29, 0.717) is 23.1 Å². The lowest BCUT2D eigenvalue weighted by atomic mass is 10.2. The molecule has 0 radical (unpaired) electrons. The number of nitrogens with zero attached hydrogens (tertiary/aromatic N) is 3. The number of nitrogens with one attached hydrogen (secondary N) is 2. The average Bonchev–Trinajstić information content (AvgIpc) is 3.29. The SMILES string of the molecule is COc1ccc(S(=O)(=O)Nc2ccc(Nc3cc(N4CCCC4)nc(C)n3)cc2)cc1C. The van der Waals surface area contributed by atoms with E-state index in [1.165, 1.54) is 18.9 Å². The number of hydrogen-bond acceptors (Lipinski definition) is 7. The minimum Gasteiger partial charge on any atom is -0.496 e. The van der Waals surface area contributed by atoms with Gasteiger partial charge in [-0.25, -0.2) is 18.4 Å². The molecule has 0 amide bonds. The third-order valence-corrected chi connectivity index (χ3v) is 6.72. The normalized spacial score (nSPS) is 13.8. The summed E-state index contributed by atoms with van der Waals surface area (Å²) in [5.74, 6) is 2.99. The summed E-state index contributed by atoms with van der Waals surface area (Å²) in [7, 11) is -2.15. The number of aryl methyl sites for hydroxylation is 2. The summed E-state index contributed by atoms with van der Waals surface area (Å²) < 4.78 is 33.3. The Morgan fingerprint density at radius 3 is 2.28 bits per heavy atom. The fourth-order valence-electron chi connectivity index (χ4n) is 3.73. The van der Waals surface area contributed by atoms with Crippen LogP contribution in [0.5, 0.6) is 5.75 Å². The maximum Gasteiger partial charge on any atom is 0.261 e. The predicted octanol–water partition coefficient (Wildman–Crippen LogP) is 4.25. The van der Waals surface area contributed by atoms with Gasteiger partial charge in [0.1, 0.15) is 23.2 Å². The summed E-state index contributed by atoms with van der Waals surface area (Å²) in [5, 5.41) is 3.28. The minimum absolute atomic E-state index is 0.184. The van der Waals surface area contributed by atoms with Crippen molar-refractivity contribution in [3.8, 4) is 5.75 Å². The Kier molecular flexibility index (Phi) is 6.18. The Bertz CT molecular complexity index is 1210. The van der Waals surface area contributed by atoms with E-state index in [0.717, 1.165) is 30.2 Å². The molecule has 1 aromatic heterocycles. The largest absolute Gasteiger partial charge is 0.496 e. The molecule has 2 aromatic carbocycles. The fourth-order valence-corrected chi connectivity index (χ4v) is 4.87. The number of hydrogen-bond donors (Lipinski definition) is 2. The molecule has 1 aliphatic heterocycles. The first-order valence-electron chi connectivity index (χ1n) is 10.5. The first-order chi connectivity index (χ1) is 15.3. The van der Waals surface area contributed by atoms with Crippen LogP contribution in [0.15, 0.2) is 53.4 Å². The smallest absolute Gasteiger partial charge is 0.261 e. The molecule has 2 heterocycles. The van der Waals surface area contributed by atoms with Gasteiger partial charge in [0.05, 0.1) is 12.0 Å². The second-order valence-corrected chi connectivity index (χ2v) is 9.47. The van der Waals surface area contributed by atoms with Gasteiger partial charge in [0.2, 0.25) is 0 Å². The summed E-state index contributed by atoms with van der Waals surface area (Å²) in [5.41, 5.74) is 2.03. The first-order valence-corrected chi connectivity index (χ1v) is 12.0. The Morgan fingerprint density at radius 2 is 1.62 bits per heavy atom. The van der Waals surface area contributed by atoms with Gasteiger partial charge in [-0.2, -0.15) is 0 Å². The van der Waals surface area contributed by atoms with E-state index in [9.17, 15) is 8.42 Å². The number of aromatic nitrogens is 2. The van der Waals surface area contributed by atoms with Crippen molar-refractivity contribution in [1.82, 2.24) is 9.97 Å². The van der Waals surface area contributed by atoms with E-state index in [4.69, 9.17) is 4.74 Å². The van der Waals surface area contributed by atoms with Crippen LogP contribution in [-0.2, 0) is 10.0 Å². The van der Waals surface area contributed by atoms with Crippen LogP contribution in [0.4, 0.5) is 23.0 Å². The van der Waals surface area contributed by atoms with Crippen molar-refractivity contribution < 1.29 is 13.2 Å². The van der Waals surface area contributed by atoms with Gasteiger partial charge < -0.3 is 15.0 Å². The van der Waals surface area contributed by atoms with Gasteiger partial charge in [0, 0.05) is 30.5 Å². The van der Waals surface area contributed by atoms with E-state index in [1.807, 2.05) is 32.0 Å². The summed E-state index contributed by atoms with van der Waals surface area (Å²) >= 11 is 0. The number of benzene rings is 2. The number of rotatable bonds is 7. The zero-order valence-electron chi connectivity index (χ0n) is 18.4. The molecular weight excluding hydrogens is 426 g/mol. The lowest BCUT2D eigenvalue weighted by Gasteiger charge is -2.18. The first kappa shape index (κ1) is 21.9. The van der Waals surface area contributed by atoms with Crippen LogP contribution in [0.1, 0.15) is 24.2 Å². The second kappa shape index (κ2) is 9.04. The van der Waals surface area contributed by atoms with E-state index < -0.39 is 10.0 Å². The highest BCUT2D eigenvalue weighted by atomic mass is 32.2. The van der Waals surface area contributed by atoms with Gasteiger partial charge in [-0.3, -0.25) is 4.72 Å². The topological polar surface area (TPSA) is 96.5 Å². The maximum absolute atomic E-state index is 12.7. The molecule has 1 aliphatic rings. The maximum atomic E-state index is 12.7. The zero-order valence-corrected chi connectivity index (χ0v) is 19.2. The van der Waals surface area contributed by atoms with Gasteiger partial charge in [-0.15, -0.1) is 0 Å². The standard InChI is InChI=1S/C23H27N5O3S/c1-16-14-20(10-11-21(16)31-3)32(29,30)27-19-8-6-18(7-9-19)26-22-15-23(25-17(2)24-22)28-12-4-5-13-28/h6-11,14-15,27H,4-5,12-13H2,1-3H3,(H,24,25,26). The van der Waals surface area contributed by atoms with Crippen molar-refractivity contribution in [2.24, 2.45) is 0 Å². The Morgan fingerprint density at radius 1 is 0.938 bits per heavy atom. The van der Waals surface area contributed by atoms with Crippen molar-refractivity contribution in [2.45, 2.75) is 31.6 Å². The Labute approximate surface area is 188 Å². The molecule has 0 bridgehead atoms. The molecule has 8 nitrogen and oxygen atoms in total. The average molecular weight is 454 g/mol. The third kappa shape index (κ3) is 4.94. The lowest BCUT2D eigenvalue weighted by Crippen LogP contribution is -2.19. The fraction of sp³-hybridized carbons (Fsp3) is 0.304. The molecule has 168 valence electrons. The van der Waals surface area contributed by atoms with Gasteiger partial charge in [-0.05, 0) is 74.7 Å². The molecule has 4 rings (SSSR count). The van der Waals surface area contributed by atoms with Crippen molar-refractivity contribution >= 4 is 33.0 Å². The number of methoxy groups -OCH3 is 1. The van der Waals surface area contributed by atoms with E-state index in [-0.39, 0.29) is 4.90 Å². The summed E-state index contributed by atoms with van der Waals surface area (Å²) in [6, 6.07) is 13.8. The van der Waals surface area contributed by atoms with Gasteiger partial charge in [-0.1, -0.05) is 0 Å². The minimum atomic E-state index is -3.71. The Hall–Kier alpha value is -3.33. The lowest BCUT2D eigenvalue weighted by molar-refractivity contribution is 0.411. The molecule has 9 heteroatoms. The van der Waals surface area contributed by atoms with E-state index >= 15 is 0 Å². The highest BCUT2D eigenvalue weighted by Gasteiger charge is 2.17. The van der Waals surface area contributed by atoms with Crippen LogP contribution >= 0.6 is 0 Å². The second-order valence-electron chi connectivity index (χ2n) is 7.79. The van der Waals surface area contributed by atoms with Gasteiger partial charge in [0.25, 0.3) is 10.0 Å². The van der Waals surface area contributed by atoms with Crippen LogP contribution in [0.3, 0.4) is 0 Å². The van der Waals surface area contributed by atoms with Crippen LogP contribution in [0, 0.1) is 13.8 Å². The molecule has 0 atom stereocenters. The summed E-state index contributed by atoms with van der Waals surface area (Å²) in [6.07, 6.45) is 2.36. The van der Waals surface area contributed by atoms with Crippen LogP contribution in [-0.4, -0.2) is 38.6 Å². The molecule has 0 aliphatic carbocycles. The molecule has 0 spiro atoms. The molecule has 0 unspecified atom stereocenters. The summed E-state index contributed by atoms with van der Waals surface area (Å²) in [6.45, 7) is 5.71. The van der Waals surface area contributed by atoms with Crippen molar-refractivity contribution in [3.63, 3.8) is 0 Å². The van der Waals surface area contributed by atoms with Crippen LogP contribution in [0.25, 0.3) is 0 Å². The van der Waals surface area contributed by atoms with Crippen LogP contribution in [0.2, 0.25) is 0 Å². The van der Waals surface area contributed by atoms with Crippen LogP contribution < -0.4 is 19.7 Å². The number of sulfonamides is 1. The van der Waals surface area contributed by atoms with E-state index in [2.05, 4.69) is 24.9 Å². The third-order valence-electron chi connectivity index (χ3n) is 5.34. The molecular formula is C23H27N5O3S. The molecule has 0 saturated carbocycles. The highest BCUT2D eigenvalue weighted by Crippen LogP contribution is 2.26. The van der Waals surface area contributed by atoms with Crippen molar-refractivity contribution in [2.75, 3.05) is 35.1 Å². The Balaban J connectivity index is 1.47. The molecule has 2 N–H and O–H groups in total. The van der Waals surface area contributed by atoms with Crippen molar-refractivity contribution in [1.29, 1.82) is 0 Å². The zero-order chi connectivity index (χ0) is 22.7. The van der Waals surface area contributed by atoms with Crippen molar-refractivity contribution in [3.05, 3.63) is 59.9 Å². The van der Waals surface area contributed by atoms with E-state index in [1.54, 1.807) is 31.4 Å². The quantitative estimate of drug-likeness (QED) is 0.552. The molecule has 1 fully saturated rings.